The van der Waals surface area contributed by atoms with Crippen molar-refractivity contribution in [1.82, 2.24) is 4.90 Å². The van der Waals surface area contributed by atoms with Gasteiger partial charge in [0.2, 0.25) is 0 Å². The Morgan fingerprint density at radius 3 is 2.81 bits per heavy atom. The smallest absolute Gasteiger partial charge is 0.305 e. The van der Waals surface area contributed by atoms with Crippen LogP contribution in [0.1, 0.15) is 38.2 Å². The highest BCUT2D eigenvalue weighted by molar-refractivity contribution is 8.26. The molecule has 1 amide bonds. The Balaban J connectivity index is 1.90. The van der Waals surface area contributed by atoms with Gasteiger partial charge >= 0.3 is 5.97 Å². The average molecular weight is 410 g/mol. The Hall–Kier alpha value is -2.06. The zero-order chi connectivity index (χ0) is 19.8. The molecule has 0 atom stereocenters. The maximum absolute atomic E-state index is 12.6. The van der Waals surface area contributed by atoms with E-state index >= 15 is 0 Å². The Morgan fingerprint density at radius 2 is 2.11 bits per heavy atom. The summed E-state index contributed by atoms with van der Waals surface area (Å²) in [5.41, 5.74) is 0.750. The van der Waals surface area contributed by atoms with Gasteiger partial charge in [0.1, 0.15) is 4.32 Å². The number of benzene rings is 1. The lowest BCUT2D eigenvalue weighted by atomic mass is 10.1. The summed E-state index contributed by atoms with van der Waals surface area (Å²) in [4.78, 5) is 26.0. The van der Waals surface area contributed by atoms with Crippen molar-refractivity contribution in [2.75, 3.05) is 20.3 Å². The Kier molecular flexibility index (Phi) is 8.12. The van der Waals surface area contributed by atoms with Crippen molar-refractivity contribution in [3.8, 4) is 11.5 Å². The first-order valence-electron chi connectivity index (χ1n) is 8.74. The molecule has 8 heteroatoms. The van der Waals surface area contributed by atoms with Crippen LogP contribution >= 0.6 is 24.0 Å². The summed E-state index contributed by atoms with van der Waals surface area (Å²) in [6, 6.07) is 4.89. The van der Waals surface area contributed by atoms with Gasteiger partial charge in [-0.05, 0) is 43.5 Å². The number of thioether (sulfide) groups is 1. The molecule has 1 aromatic carbocycles. The van der Waals surface area contributed by atoms with Crippen LogP contribution in [-0.4, -0.2) is 46.5 Å². The number of unbranched alkanes of at least 4 members (excludes halogenated alkanes) is 2. The van der Waals surface area contributed by atoms with Crippen molar-refractivity contribution in [2.24, 2.45) is 0 Å². The van der Waals surface area contributed by atoms with Crippen molar-refractivity contribution in [1.29, 1.82) is 0 Å². The van der Waals surface area contributed by atoms with Gasteiger partial charge in [0.25, 0.3) is 5.91 Å². The number of ether oxygens (including phenoxy) is 2. The first-order valence-corrected chi connectivity index (χ1v) is 9.96. The van der Waals surface area contributed by atoms with Crippen LogP contribution in [-0.2, 0) is 14.3 Å². The highest BCUT2D eigenvalue weighted by Gasteiger charge is 2.31. The molecular formula is C19H23NO5S2. The van der Waals surface area contributed by atoms with Gasteiger partial charge in [-0.2, -0.15) is 0 Å². The van der Waals surface area contributed by atoms with Crippen LogP contribution in [0, 0.1) is 0 Å². The molecule has 2 rings (SSSR count). The van der Waals surface area contributed by atoms with E-state index in [2.05, 4.69) is 0 Å². The van der Waals surface area contributed by atoms with E-state index in [1.807, 2.05) is 0 Å². The summed E-state index contributed by atoms with van der Waals surface area (Å²) in [6.45, 7) is 2.72. The Bertz CT molecular complexity index is 748. The molecule has 6 nitrogen and oxygen atoms in total. The van der Waals surface area contributed by atoms with Crippen molar-refractivity contribution < 1.29 is 24.2 Å². The number of amides is 1. The highest BCUT2D eigenvalue weighted by Crippen LogP contribution is 2.34. The Morgan fingerprint density at radius 1 is 1.33 bits per heavy atom. The summed E-state index contributed by atoms with van der Waals surface area (Å²) in [6.07, 6.45) is 4.46. The normalized spacial score (nSPS) is 15.5. The minimum atomic E-state index is -0.185. The van der Waals surface area contributed by atoms with Gasteiger partial charge in [-0.25, -0.2) is 0 Å². The fourth-order valence-corrected chi connectivity index (χ4v) is 3.89. The number of rotatable bonds is 9. The molecule has 1 fully saturated rings. The van der Waals surface area contributed by atoms with Gasteiger partial charge < -0.3 is 14.6 Å². The largest absolute Gasteiger partial charge is 0.504 e. The molecule has 1 aliphatic heterocycles. The van der Waals surface area contributed by atoms with Crippen LogP contribution in [0.25, 0.3) is 6.08 Å². The van der Waals surface area contributed by atoms with E-state index < -0.39 is 0 Å². The SMILES string of the molecule is CCOC(=O)CCCCCN1C(=O)/C(=C/c2ccc(O)c(OC)c2)SC1=S. The molecule has 146 valence electrons. The number of carbonyl (C=O) groups excluding carboxylic acids is 2. The molecule has 0 aliphatic carbocycles. The van der Waals surface area contributed by atoms with Gasteiger partial charge in [-0.15, -0.1) is 0 Å². The molecule has 0 unspecified atom stereocenters. The van der Waals surface area contributed by atoms with E-state index in [4.69, 9.17) is 21.7 Å². The number of esters is 1. The van der Waals surface area contributed by atoms with Crippen molar-refractivity contribution >= 4 is 46.3 Å². The standard InChI is InChI=1S/C19H23NO5S2/c1-3-25-17(22)7-5-4-6-10-20-18(23)16(27-19(20)26)12-13-8-9-14(21)15(11-13)24-2/h8-9,11-12,21H,3-7,10H2,1-2H3/b16-12-. The second kappa shape index (κ2) is 10.3. The number of carbonyl (C=O) groups is 2. The van der Waals surface area contributed by atoms with Gasteiger partial charge in [-0.3, -0.25) is 14.5 Å². The maximum Gasteiger partial charge on any atom is 0.305 e. The number of phenolic OH excluding ortho intramolecular Hbond substituents is 1. The van der Waals surface area contributed by atoms with E-state index in [-0.39, 0.29) is 17.6 Å². The van der Waals surface area contributed by atoms with Crippen LogP contribution in [0.4, 0.5) is 0 Å². The second-order valence-corrected chi connectivity index (χ2v) is 7.56. The lowest BCUT2D eigenvalue weighted by molar-refractivity contribution is -0.143. The van der Waals surface area contributed by atoms with Gasteiger partial charge in [0.05, 0.1) is 18.6 Å². The zero-order valence-electron chi connectivity index (χ0n) is 15.4. The molecule has 1 heterocycles. The first kappa shape index (κ1) is 21.2. The number of aromatic hydroxyl groups is 1. The van der Waals surface area contributed by atoms with E-state index in [0.717, 1.165) is 24.8 Å². The molecule has 1 aliphatic rings. The van der Waals surface area contributed by atoms with Crippen LogP contribution in [0.3, 0.4) is 0 Å². The van der Waals surface area contributed by atoms with Crippen LogP contribution < -0.4 is 4.74 Å². The highest BCUT2D eigenvalue weighted by atomic mass is 32.2. The number of methoxy groups -OCH3 is 1. The zero-order valence-corrected chi connectivity index (χ0v) is 17.0. The third-order valence-electron chi connectivity index (χ3n) is 3.94. The predicted molar refractivity (Wildman–Crippen MR) is 110 cm³/mol. The number of thiocarbonyl (C=S) groups is 1. The van der Waals surface area contributed by atoms with Crippen LogP contribution in [0.5, 0.6) is 11.5 Å². The third kappa shape index (κ3) is 5.97. The van der Waals surface area contributed by atoms with E-state index in [0.29, 0.717) is 34.5 Å². The fourth-order valence-electron chi connectivity index (χ4n) is 2.58. The molecule has 27 heavy (non-hydrogen) atoms. The van der Waals surface area contributed by atoms with Gasteiger partial charge in [0.15, 0.2) is 11.5 Å². The number of hydrogen-bond donors (Lipinski definition) is 1. The summed E-state index contributed by atoms with van der Waals surface area (Å²) >= 11 is 6.58. The van der Waals surface area contributed by atoms with E-state index in [1.165, 1.54) is 24.9 Å². The molecule has 0 radical (unpaired) electrons. The molecule has 1 saturated heterocycles. The molecule has 1 aromatic rings. The van der Waals surface area contributed by atoms with Crippen LogP contribution in [0.15, 0.2) is 23.1 Å². The molecule has 0 saturated carbocycles. The first-order chi connectivity index (χ1) is 13.0. The molecular weight excluding hydrogens is 386 g/mol. The minimum Gasteiger partial charge on any atom is -0.504 e. The molecule has 0 aromatic heterocycles. The molecule has 0 spiro atoms. The van der Waals surface area contributed by atoms with Gasteiger partial charge in [0, 0.05) is 13.0 Å². The third-order valence-corrected chi connectivity index (χ3v) is 5.32. The summed E-state index contributed by atoms with van der Waals surface area (Å²) in [5, 5.41) is 9.66. The maximum atomic E-state index is 12.6. The monoisotopic (exact) mass is 409 g/mol. The number of phenols is 1. The quantitative estimate of drug-likeness (QED) is 0.288. The van der Waals surface area contributed by atoms with E-state index in [9.17, 15) is 14.7 Å². The number of nitrogens with zero attached hydrogens (tertiary/aromatic N) is 1. The van der Waals surface area contributed by atoms with Crippen molar-refractivity contribution in [3.05, 3.63) is 28.7 Å². The van der Waals surface area contributed by atoms with E-state index in [1.54, 1.807) is 30.0 Å². The lowest BCUT2D eigenvalue weighted by Gasteiger charge is -2.14. The second-order valence-electron chi connectivity index (χ2n) is 5.88. The lowest BCUT2D eigenvalue weighted by Crippen LogP contribution is -2.29. The molecule has 1 N–H and O–H groups in total. The van der Waals surface area contributed by atoms with Crippen LogP contribution in [0.2, 0.25) is 0 Å². The van der Waals surface area contributed by atoms with Gasteiger partial charge in [-0.1, -0.05) is 36.5 Å². The predicted octanol–water partition coefficient (Wildman–Crippen LogP) is 3.73. The summed E-state index contributed by atoms with van der Waals surface area (Å²) < 4.78 is 10.5. The fraction of sp³-hybridized carbons (Fsp3) is 0.421. The summed E-state index contributed by atoms with van der Waals surface area (Å²) in [7, 11) is 1.47. The Labute approximate surface area is 168 Å². The number of hydrogen-bond acceptors (Lipinski definition) is 7. The minimum absolute atomic E-state index is 0.0463. The molecule has 0 bridgehead atoms. The summed E-state index contributed by atoms with van der Waals surface area (Å²) in [5.74, 6) is 0.0867. The average Bonchev–Trinajstić information content (AvgIpc) is 2.90. The van der Waals surface area contributed by atoms with Crippen molar-refractivity contribution in [3.63, 3.8) is 0 Å². The van der Waals surface area contributed by atoms with Crippen molar-refractivity contribution in [2.45, 2.75) is 32.6 Å². The topological polar surface area (TPSA) is 76.1 Å².